The summed E-state index contributed by atoms with van der Waals surface area (Å²) in [5.41, 5.74) is 3.90. The van der Waals surface area contributed by atoms with Crippen molar-refractivity contribution in [3.05, 3.63) is 93.5 Å². The Bertz CT molecular complexity index is 1700. The van der Waals surface area contributed by atoms with Crippen molar-refractivity contribution >= 4 is 33.5 Å². The monoisotopic (exact) mass is 485 g/mol. The fourth-order valence-corrected chi connectivity index (χ4v) is 4.44. The highest BCUT2D eigenvalue weighted by atomic mass is 19.1. The molecule has 36 heavy (non-hydrogen) atoms. The Kier molecular flexibility index (Phi) is 5.80. The molecule has 1 atom stereocenters. The standard InChI is InChI=1S/C28H24FN3O4/c1-15-9-21(16(2)30-24-12-19(29)6-7-20(24)28(34)35-4)27-22(10-15)25(33)13-26(36-27)17-5-8-23-18(11-17)14-32(3)31-23/h5-14,16,30H,1-4H3. The summed E-state index contributed by atoms with van der Waals surface area (Å²) in [6.45, 7) is 3.75. The van der Waals surface area contributed by atoms with E-state index in [1.54, 1.807) is 10.7 Å². The fraction of sp³-hybridized carbons (Fsp3) is 0.179. The van der Waals surface area contributed by atoms with Gasteiger partial charge in [-0.25, -0.2) is 9.18 Å². The number of aromatic nitrogens is 2. The maximum Gasteiger partial charge on any atom is 0.339 e. The van der Waals surface area contributed by atoms with Crippen LogP contribution in [0.5, 0.6) is 0 Å². The molecule has 0 radical (unpaired) electrons. The first-order chi connectivity index (χ1) is 17.2. The molecule has 3 aromatic carbocycles. The smallest absolute Gasteiger partial charge is 0.339 e. The van der Waals surface area contributed by atoms with E-state index in [0.717, 1.165) is 22.0 Å². The van der Waals surface area contributed by atoms with Crippen LogP contribution in [-0.2, 0) is 11.8 Å². The van der Waals surface area contributed by atoms with Crippen LogP contribution in [-0.4, -0.2) is 22.9 Å². The number of carbonyl (C=O) groups excluding carboxylic acids is 1. The molecule has 7 nitrogen and oxygen atoms in total. The van der Waals surface area contributed by atoms with Crippen LogP contribution in [0.1, 0.15) is 34.5 Å². The molecule has 0 saturated carbocycles. The highest BCUT2D eigenvalue weighted by Gasteiger charge is 2.20. The van der Waals surface area contributed by atoms with Crippen LogP contribution < -0.4 is 10.7 Å². The molecule has 0 saturated heterocycles. The molecule has 0 amide bonds. The van der Waals surface area contributed by atoms with Gasteiger partial charge in [0.25, 0.3) is 0 Å². The SMILES string of the molecule is COC(=O)c1ccc(F)cc1NC(C)c1cc(C)cc2c(=O)cc(-c3ccc4nn(C)cc4c3)oc12. The van der Waals surface area contributed by atoms with Gasteiger partial charge in [0.15, 0.2) is 5.43 Å². The molecule has 0 aliphatic rings. The van der Waals surface area contributed by atoms with E-state index >= 15 is 0 Å². The minimum absolute atomic E-state index is 0.171. The molecule has 0 fully saturated rings. The molecule has 5 aromatic rings. The molecule has 2 heterocycles. The third-order valence-electron chi connectivity index (χ3n) is 6.13. The molecule has 0 aliphatic heterocycles. The molecule has 2 aromatic heterocycles. The predicted molar refractivity (Wildman–Crippen MR) is 137 cm³/mol. The number of nitrogens with one attached hydrogen (secondary N) is 1. The number of nitrogens with zero attached hydrogens (tertiary/aromatic N) is 2. The van der Waals surface area contributed by atoms with E-state index in [2.05, 4.69) is 10.4 Å². The number of anilines is 1. The maximum atomic E-state index is 14.0. The summed E-state index contributed by atoms with van der Waals surface area (Å²) in [4.78, 5) is 25.4. The van der Waals surface area contributed by atoms with Crippen molar-refractivity contribution in [2.45, 2.75) is 19.9 Å². The average Bonchev–Trinajstić information content (AvgIpc) is 3.22. The first-order valence-electron chi connectivity index (χ1n) is 11.4. The zero-order chi connectivity index (χ0) is 25.6. The van der Waals surface area contributed by atoms with E-state index in [9.17, 15) is 14.0 Å². The highest BCUT2D eigenvalue weighted by molar-refractivity contribution is 5.96. The Morgan fingerprint density at radius 1 is 1.14 bits per heavy atom. The van der Waals surface area contributed by atoms with Gasteiger partial charge in [0.2, 0.25) is 0 Å². The largest absolute Gasteiger partial charge is 0.465 e. The molecule has 1 unspecified atom stereocenters. The second-order valence-corrected chi connectivity index (χ2v) is 8.83. The van der Waals surface area contributed by atoms with Crippen LogP contribution in [0.4, 0.5) is 10.1 Å². The number of aryl methyl sites for hydroxylation is 2. The van der Waals surface area contributed by atoms with Crippen molar-refractivity contribution in [3.8, 4) is 11.3 Å². The van der Waals surface area contributed by atoms with Crippen LogP contribution >= 0.6 is 0 Å². The second-order valence-electron chi connectivity index (χ2n) is 8.83. The van der Waals surface area contributed by atoms with Crippen molar-refractivity contribution < 1.29 is 18.3 Å². The summed E-state index contributed by atoms with van der Waals surface area (Å²) in [7, 11) is 3.12. The quantitative estimate of drug-likeness (QED) is 0.319. The molecule has 0 aliphatic carbocycles. The summed E-state index contributed by atoms with van der Waals surface area (Å²) in [5, 5.41) is 8.96. The second kappa shape index (κ2) is 8.96. The van der Waals surface area contributed by atoms with Gasteiger partial charge in [0.05, 0.1) is 35.3 Å². The first-order valence-corrected chi connectivity index (χ1v) is 11.4. The van der Waals surface area contributed by atoms with Gasteiger partial charge in [-0.05, 0) is 61.9 Å². The Labute approximate surface area is 206 Å². The average molecular weight is 486 g/mol. The number of hydrogen-bond acceptors (Lipinski definition) is 6. The van der Waals surface area contributed by atoms with Gasteiger partial charge in [-0.1, -0.05) is 6.07 Å². The number of fused-ring (bicyclic) bond motifs is 2. The van der Waals surface area contributed by atoms with E-state index in [1.807, 2.05) is 51.4 Å². The Hall–Kier alpha value is -4.46. The fourth-order valence-electron chi connectivity index (χ4n) is 4.44. The van der Waals surface area contributed by atoms with Crippen molar-refractivity contribution in [2.24, 2.45) is 7.05 Å². The van der Waals surface area contributed by atoms with Gasteiger partial charge in [-0.3, -0.25) is 9.48 Å². The number of esters is 1. The molecule has 0 spiro atoms. The van der Waals surface area contributed by atoms with Crippen molar-refractivity contribution in [3.63, 3.8) is 0 Å². The third kappa shape index (κ3) is 4.22. The van der Waals surface area contributed by atoms with Gasteiger partial charge in [-0.15, -0.1) is 0 Å². The summed E-state index contributed by atoms with van der Waals surface area (Å²) in [6, 6.07) is 14.2. The summed E-state index contributed by atoms with van der Waals surface area (Å²) in [5.74, 6) is -0.652. The van der Waals surface area contributed by atoms with Crippen LogP contribution in [0.2, 0.25) is 0 Å². The number of ether oxygens (including phenoxy) is 1. The summed E-state index contributed by atoms with van der Waals surface area (Å²) < 4.78 is 26.9. The lowest BCUT2D eigenvalue weighted by Crippen LogP contribution is -2.13. The number of methoxy groups -OCH3 is 1. The minimum Gasteiger partial charge on any atom is -0.465 e. The van der Waals surface area contributed by atoms with Gasteiger partial charge >= 0.3 is 5.97 Å². The number of rotatable bonds is 5. The molecular weight excluding hydrogens is 461 g/mol. The maximum absolute atomic E-state index is 14.0. The molecule has 5 rings (SSSR count). The number of benzene rings is 3. The zero-order valence-corrected chi connectivity index (χ0v) is 20.3. The van der Waals surface area contributed by atoms with E-state index in [4.69, 9.17) is 9.15 Å². The first kappa shape index (κ1) is 23.3. The van der Waals surface area contributed by atoms with E-state index in [-0.39, 0.29) is 16.7 Å². The lowest BCUT2D eigenvalue weighted by Gasteiger charge is -2.20. The van der Waals surface area contributed by atoms with Crippen molar-refractivity contribution in [1.29, 1.82) is 0 Å². The minimum atomic E-state index is -0.585. The number of hydrogen-bond donors (Lipinski definition) is 1. The third-order valence-corrected chi connectivity index (χ3v) is 6.13. The summed E-state index contributed by atoms with van der Waals surface area (Å²) >= 11 is 0. The topological polar surface area (TPSA) is 86.4 Å². The zero-order valence-electron chi connectivity index (χ0n) is 20.3. The van der Waals surface area contributed by atoms with Gasteiger partial charge in [-0.2, -0.15) is 5.10 Å². The lowest BCUT2D eigenvalue weighted by atomic mass is 10.00. The van der Waals surface area contributed by atoms with Crippen LogP contribution in [0.25, 0.3) is 33.2 Å². The van der Waals surface area contributed by atoms with Crippen LogP contribution in [0, 0.1) is 12.7 Å². The number of carbonyl (C=O) groups is 1. The van der Waals surface area contributed by atoms with Gasteiger partial charge in [0.1, 0.15) is 17.2 Å². The molecule has 0 bridgehead atoms. The van der Waals surface area contributed by atoms with Crippen LogP contribution in [0.15, 0.2) is 70.0 Å². The molecular formula is C28H24FN3O4. The van der Waals surface area contributed by atoms with Crippen molar-refractivity contribution in [2.75, 3.05) is 12.4 Å². The van der Waals surface area contributed by atoms with Crippen LogP contribution in [0.3, 0.4) is 0 Å². The molecule has 182 valence electrons. The molecule has 8 heteroatoms. The van der Waals surface area contributed by atoms with Gasteiger partial charge in [0, 0.05) is 35.8 Å². The Morgan fingerprint density at radius 2 is 1.94 bits per heavy atom. The van der Waals surface area contributed by atoms with E-state index in [1.165, 1.54) is 31.4 Å². The van der Waals surface area contributed by atoms with Crippen molar-refractivity contribution in [1.82, 2.24) is 9.78 Å². The number of halogens is 1. The van der Waals surface area contributed by atoms with E-state index in [0.29, 0.717) is 22.3 Å². The predicted octanol–water partition coefficient (Wildman–Crippen LogP) is 5.75. The highest BCUT2D eigenvalue weighted by Crippen LogP contribution is 2.32. The molecule has 1 N–H and O–H groups in total. The Balaban J connectivity index is 1.63. The van der Waals surface area contributed by atoms with E-state index < -0.39 is 17.8 Å². The summed E-state index contributed by atoms with van der Waals surface area (Å²) in [6.07, 6.45) is 1.90. The Morgan fingerprint density at radius 3 is 2.72 bits per heavy atom. The normalized spacial score (nSPS) is 12.1. The lowest BCUT2D eigenvalue weighted by molar-refractivity contribution is 0.0601. The van der Waals surface area contributed by atoms with Gasteiger partial charge < -0.3 is 14.5 Å².